The molecule has 0 unspecified atom stereocenters. The van der Waals surface area contributed by atoms with E-state index < -0.39 is 22.2 Å². The fraction of sp³-hybridized carbons (Fsp3) is 0.440. The SMILES string of the molecule is CCCc1cn(CC[C@@H]2CC[C@@H](NS(=O)(=O)c3ccc(-c4ccccc4)cc3)[C@@H](CO)O2)nn1. The summed E-state index contributed by atoms with van der Waals surface area (Å²) in [6.07, 6.45) is 5.25. The van der Waals surface area contributed by atoms with Gasteiger partial charge in [-0.05, 0) is 48.9 Å². The van der Waals surface area contributed by atoms with Crippen LogP contribution >= 0.6 is 0 Å². The van der Waals surface area contributed by atoms with E-state index in [4.69, 9.17) is 4.74 Å². The molecule has 34 heavy (non-hydrogen) atoms. The Labute approximate surface area is 201 Å². The molecule has 3 aromatic rings. The molecule has 0 amide bonds. The first-order chi connectivity index (χ1) is 16.5. The molecule has 0 radical (unpaired) electrons. The zero-order valence-corrected chi connectivity index (χ0v) is 20.2. The summed E-state index contributed by atoms with van der Waals surface area (Å²) < 4.78 is 36.6. The highest BCUT2D eigenvalue weighted by molar-refractivity contribution is 7.89. The van der Waals surface area contributed by atoms with Crippen molar-refractivity contribution in [2.75, 3.05) is 6.61 Å². The van der Waals surface area contributed by atoms with E-state index in [1.54, 1.807) is 24.3 Å². The summed E-state index contributed by atoms with van der Waals surface area (Å²) in [4.78, 5) is 0.195. The first-order valence-corrected chi connectivity index (χ1v) is 13.3. The van der Waals surface area contributed by atoms with Crippen LogP contribution in [-0.2, 0) is 27.7 Å². The zero-order valence-electron chi connectivity index (χ0n) is 19.4. The van der Waals surface area contributed by atoms with Gasteiger partial charge in [-0.3, -0.25) is 4.68 Å². The Morgan fingerprint density at radius 2 is 1.82 bits per heavy atom. The minimum Gasteiger partial charge on any atom is -0.394 e. The molecule has 1 fully saturated rings. The molecule has 2 aromatic carbocycles. The highest BCUT2D eigenvalue weighted by Gasteiger charge is 2.34. The van der Waals surface area contributed by atoms with Crippen LogP contribution in [0.15, 0.2) is 65.7 Å². The summed E-state index contributed by atoms with van der Waals surface area (Å²) in [5, 5.41) is 18.2. The minimum absolute atomic E-state index is 0.0677. The highest BCUT2D eigenvalue weighted by atomic mass is 32.2. The summed E-state index contributed by atoms with van der Waals surface area (Å²) in [6, 6.07) is 16.1. The Bertz CT molecular complexity index is 1150. The summed E-state index contributed by atoms with van der Waals surface area (Å²) in [7, 11) is -3.74. The van der Waals surface area contributed by atoms with Gasteiger partial charge >= 0.3 is 0 Å². The molecule has 1 aromatic heterocycles. The number of ether oxygens (including phenoxy) is 1. The zero-order chi connectivity index (χ0) is 24.0. The number of aromatic nitrogens is 3. The van der Waals surface area contributed by atoms with Gasteiger partial charge < -0.3 is 9.84 Å². The van der Waals surface area contributed by atoms with Gasteiger partial charge in [-0.1, -0.05) is 61.0 Å². The lowest BCUT2D eigenvalue weighted by atomic mass is 9.98. The molecule has 0 aliphatic carbocycles. The second-order valence-corrected chi connectivity index (χ2v) is 10.4. The van der Waals surface area contributed by atoms with Crippen molar-refractivity contribution in [3.63, 3.8) is 0 Å². The molecular weight excluding hydrogens is 452 g/mol. The van der Waals surface area contributed by atoms with E-state index in [9.17, 15) is 13.5 Å². The lowest BCUT2D eigenvalue weighted by Crippen LogP contribution is -2.50. The molecule has 2 heterocycles. The van der Waals surface area contributed by atoms with Crippen LogP contribution in [0.1, 0.15) is 38.3 Å². The number of aliphatic hydroxyl groups excluding tert-OH is 1. The van der Waals surface area contributed by atoms with Gasteiger partial charge in [0.15, 0.2) is 0 Å². The van der Waals surface area contributed by atoms with Crippen LogP contribution in [0.3, 0.4) is 0 Å². The Hall–Kier alpha value is -2.59. The fourth-order valence-corrected chi connectivity index (χ4v) is 5.60. The molecule has 2 N–H and O–H groups in total. The standard InChI is InChI=1S/C25H32N4O4S/c1-2-6-21-17-29(28-26-21)16-15-22-11-14-24(25(18-30)33-22)27-34(31,32)23-12-9-20(10-13-23)19-7-4-3-5-8-19/h3-5,7-10,12-13,17,22,24-25,27,30H,2,6,11,14-16,18H2,1H3/t22-,24+,25+/m0/s1. The van der Waals surface area contributed by atoms with Crippen molar-refractivity contribution in [1.82, 2.24) is 19.7 Å². The van der Waals surface area contributed by atoms with Gasteiger partial charge in [-0.2, -0.15) is 0 Å². The number of hydrogen-bond donors (Lipinski definition) is 2. The molecule has 0 saturated carbocycles. The van der Waals surface area contributed by atoms with Gasteiger partial charge in [0.2, 0.25) is 10.0 Å². The third-order valence-corrected chi connectivity index (χ3v) is 7.65. The van der Waals surface area contributed by atoms with Crippen molar-refractivity contribution >= 4 is 10.0 Å². The smallest absolute Gasteiger partial charge is 0.240 e. The maximum Gasteiger partial charge on any atom is 0.240 e. The maximum absolute atomic E-state index is 13.0. The Morgan fingerprint density at radius 3 is 2.53 bits per heavy atom. The van der Waals surface area contributed by atoms with E-state index in [0.717, 1.165) is 36.1 Å². The van der Waals surface area contributed by atoms with Crippen molar-refractivity contribution in [1.29, 1.82) is 0 Å². The second kappa shape index (κ2) is 11.2. The second-order valence-electron chi connectivity index (χ2n) is 8.69. The molecule has 1 saturated heterocycles. The van der Waals surface area contributed by atoms with Gasteiger partial charge in [-0.15, -0.1) is 5.10 Å². The van der Waals surface area contributed by atoms with Gasteiger partial charge in [0.1, 0.15) is 0 Å². The number of benzene rings is 2. The van der Waals surface area contributed by atoms with E-state index in [-0.39, 0.29) is 17.6 Å². The number of aryl methyl sites for hydroxylation is 2. The number of nitrogens with zero attached hydrogens (tertiary/aromatic N) is 3. The quantitative estimate of drug-likeness (QED) is 0.458. The van der Waals surface area contributed by atoms with Gasteiger partial charge in [-0.25, -0.2) is 13.1 Å². The third kappa shape index (κ3) is 6.09. The van der Waals surface area contributed by atoms with Crippen LogP contribution in [0.2, 0.25) is 0 Å². The van der Waals surface area contributed by atoms with Gasteiger partial charge in [0.25, 0.3) is 0 Å². The summed E-state index contributed by atoms with van der Waals surface area (Å²) in [6.45, 7) is 2.53. The first-order valence-electron chi connectivity index (χ1n) is 11.8. The van der Waals surface area contributed by atoms with Gasteiger partial charge in [0, 0.05) is 12.7 Å². The van der Waals surface area contributed by atoms with Crippen LogP contribution in [0, 0.1) is 0 Å². The molecule has 9 heteroatoms. The average Bonchev–Trinajstić information content (AvgIpc) is 3.31. The predicted octanol–water partition coefficient (Wildman–Crippen LogP) is 3.17. The average molecular weight is 485 g/mol. The Balaban J connectivity index is 1.34. The van der Waals surface area contributed by atoms with Gasteiger partial charge in [0.05, 0.1) is 35.4 Å². The normalized spacial score (nSPS) is 20.9. The third-order valence-electron chi connectivity index (χ3n) is 6.15. The van der Waals surface area contributed by atoms with Crippen molar-refractivity contribution in [2.45, 2.75) is 68.7 Å². The first kappa shape index (κ1) is 24.5. The summed E-state index contributed by atoms with van der Waals surface area (Å²) in [5.74, 6) is 0. The number of hydrogen-bond acceptors (Lipinski definition) is 6. The van der Waals surface area contributed by atoms with Crippen molar-refractivity contribution in [2.24, 2.45) is 0 Å². The van der Waals surface area contributed by atoms with Crippen LogP contribution in [0.4, 0.5) is 0 Å². The minimum atomic E-state index is -3.74. The molecule has 8 nitrogen and oxygen atoms in total. The molecule has 182 valence electrons. The van der Waals surface area contributed by atoms with Crippen molar-refractivity contribution < 1.29 is 18.3 Å². The van der Waals surface area contributed by atoms with E-state index in [1.807, 2.05) is 41.2 Å². The van der Waals surface area contributed by atoms with E-state index in [2.05, 4.69) is 22.0 Å². The highest BCUT2D eigenvalue weighted by Crippen LogP contribution is 2.25. The predicted molar refractivity (Wildman–Crippen MR) is 130 cm³/mol. The lowest BCUT2D eigenvalue weighted by Gasteiger charge is -2.36. The monoisotopic (exact) mass is 484 g/mol. The summed E-state index contributed by atoms with van der Waals surface area (Å²) >= 11 is 0. The van der Waals surface area contributed by atoms with E-state index in [1.165, 1.54) is 0 Å². The van der Waals surface area contributed by atoms with Crippen LogP contribution in [0.25, 0.3) is 11.1 Å². The fourth-order valence-electron chi connectivity index (χ4n) is 4.30. The number of rotatable bonds is 10. The van der Waals surface area contributed by atoms with Crippen molar-refractivity contribution in [3.8, 4) is 11.1 Å². The molecular formula is C25H32N4O4S. The largest absolute Gasteiger partial charge is 0.394 e. The van der Waals surface area contributed by atoms with Crippen LogP contribution in [-0.4, -0.2) is 53.4 Å². The lowest BCUT2D eigenvalue weighted by molar-refractivity contribution is -0.0891. The van der Waals surface area contributed by atoms with Crippen molar-refractivity contribution in [3.05, 3.63) is 66.5 Å². The molecule has 0 spiro atoms. The number of sulfonamides is 1. The van der Waals surface area contributed by atoms with Crippen LogP contribution in [0.5, 0.6) is 0 Å². The Kier molecular flexibility index (Phi) is 8.10. The molecule has 4 rings (SSSR count). The topological polar surface area (TPSA) is 106 Å². The number of aliphatic hydroxyl groups is 1. The number of nitrogens with one attached hydrogen (secondary N) is 1. The molecule has 0 bridgehead atoms. The molecule has 1 aliphatic heterocycles. The van der Waals surface area contributed by atoms with E-state index >= 15 is 0 Å². The maximum atomic E-state index is 13.0. The van der Waals surface area contributed by atoms with E-state index in [0.29, 0.717) is 19.4 Å². The molecule has 3 atom stereocenters. The molecule has 1 aliphatic rings. The summed E-state index contributed by atoms with van der Waals surface area (Å²) in [5.41, 5.74) is 2.95. The van der Waals surface area contributed by atoms with Crippen LogP contribution < -0.4 is 4.72 Å². The Morgan fingerprint density at radius 1 is 1.09 bits per heavy atom.